The van der Waals surface area contributed by atoms with Crippen LogP contribution in [0.15, 0.2) is 30.3 Å². The number of nitrogens with zero attached hydrogens (tertiary/aromatic N) is 4. The summed E-state index contributed by atoms with van der Waals surface area (Å²) in [4.78, 5) is 23.2. The Balaban J connectivity index is 1.53. The summed E-state index contributed by atoms with van der Waals surface area (Å²) in [6.45, 7) is 5.91. The highest BCUT2D eigenvalue weighted by Crippen LogP contribution is 2.21. The van der Waals surface area contributed by atoms with Crippen molar-refractivity contribution in [2.75, 3.05) is 18.0 Å². The van der Waals surface area contributed by atoms with Crippen molar-refractivity contribution in [2.24, 2.45) is 5.92 Å². The lowest BCUT2D eigenvalue weighted by atomic mass is 9.96. The Morgan fingerprint density at radius 2 is 1.92 bits per heavy atom. The standard InChI is InChI=1S/C20H23N5O/c1-14-3-5-16(6-4-14)13-22-19(26)17-7-9-25(10-8-17)20-23-15(2)11-18(12-21)24-20/h3-6,11,17H,7-10,13H2,1-2H3,(H,22,26). The zero-order valence-electron chi connectivity index (χ0n) is 15.2. The molecule has 3 rings (SSSR count). The number of piperidine rings is 1. The number of carbonyl (C=O) groups is 1. The van der Waals surface area contributed by atoms with Crippen LogP contribution in [0.4, 0.5) is 5.95 Å². The topological polar surface area (TPSA) is 81.9 Å². The van der Waals surface area contributed by atoms with Crippen molar-refractivity contribution in [1.82, 2.24) is 15.3 Å². The minimum absolute atomic E-state index is 0.0111. The van der Waals surface area contributed by atoms with Crippen molar-refractivity contribution in [2.45, 2.75) is 33.2 Å². The molecule has 0 bridgehead atoms. The van der Waals surface area contributed by atoms with Gasteiger partial charge in [0, 0.05) is 31.2 Å². The maximum absolute atomic E-state index is 12.4. The number of benzene rings is 1. The number of amides is 1. The second-order valence-electron chi connectivity index (χ2n) is 6.77. The van der Waals surface area contributed by atoms with Crippen LogP contribution in [0.25, 0.3) is 0 Å². The van der Waals surface area contributed by atoms with Crippen LogP contribution in [0.1, 0.15) is 35.4 Å². The molecule has 1 aromatic carbocycles. The van der Waals surface area contributed by atoms with Crippen molar-refractivity contribution in [1.29, 1.82) is 5.26 Å². The summed E-state index contributed by atoms with van der Waals surface area (Å²) >= 11 is 0. The Labute approximate surface area is 153 Å². The average Bonchev–Trinajstić information content (AvgIpc) is 2.67. The number of carbonyl (C=O) groups excluding carboxylic acids is 1. The maximum atomic E-state index is 12.4. The first kappa shape index (κ1) is 17.9. The minimum atomic E-state index is 0.0111. The lowest BCUT2D eigenvalue weighted by Gasteiger charge is -2.31. The summed E-state index contributed by atoms with van der Waals surface area (Å²) in [6.07, 6.45) is 1.53. The van der Waals surface area contributed by atoms with Crippen LogP contribution in [0.2, 0.25) is 0 Å². The highest BCUT2D eigenvalue weighted by Gasteiger charge is 2.26. The number of rotatable bonds is 4. The smallest absolute Gasteiger partial charge is 0.226 e. The second-order valence-corrected chi connectivity index (χ2v) is 6.77. The molecule has 1 amide bonds. The van der Waals surface area contributed by atoms with Gasteiger partial charge in [-0.15, -0.1) is 0 Å². The fourth-order valence-corrected chi connectivity index (χ4v) is 3.13. The molecular formula is C20H23N5O. The molecule has 1 aliphatic rings. The lowest BCUT2D eigenvalue weighted by molar-refractivity contribution is -0.125. The molecule has 2 heterocycles. The van der Waals surface area contributed by atoms with Crippen LogP contribution >= 0.6 is 0 Å². The Morgan fingerprint density at radius 3 is 2.58 bits per heavy atom. The molecule has 0 spiro atoms. The number of aryl methyl sites for hydroxylation is 2. The van der Waals surface area contributed by atoms with Gasteiger partial charge >= 0.3 is 0 Å². The van der Waals surface area contributed by atoms with Gasteiger partial charge in [0.1, 0.15) is 11.8 Å². The van der Waals surface area contributed by atoms with Crippen molar-refractivity contribution >= 4 is 11.9 Å². The highest BCUT2D eigenvalue weighted by molar-refractivity contribution is 5.78. The van der Waals surface area contributed by atoms with Crippen molar-refractivity contribution < 1.29 is 4.79 Å². The van der Waals surface area contributed by atoms with Gasteiger partial charge in [-0.2, -0.15) is 5.26 Å². The number of nitriles is 1. The van der Waals surface area contributed by atoms with Crippen LogP contribution in [0.3, 0.4) is 0 Å². The fourth-order valence-electron chi connectivity index (χ4n) is 3.13. The Morgan fingerprint density at radius 1 is 1.23 bits per heavy atom. The Hall–Kier alpha value is -2.94. The lowest BCUT2D eigenvalue weighted by Crippen LogP contribution is -2.41. The zero-order valence-corrected chi connectivity index (χ0v) is 15.2. The highest BCUT2D eigenvalue weighted by atomic mass is 16.1. The molecule has 0 atom stereocenters. The van der Waals surface area contributed by atoms with Gasteiger partial charge in [0.2, 0.25) is 11.9 Å². The second kappa shape index (κ2) is 7.96. The normalized spacial score (nSPS) is 14.7. The predicted molar refractivity (Wildman–Crippen MR) is 99.4 cm³/mol. The molecule has 0 aliphatic carbocycles. The van der Waals surface area contributed by atoms with E-state index in [2.05, 4.69) is 38.4 Å². The molecule has 1 fully saturated rings. The van der Waals surface area contributed by atoms with Gasteiger partial charge in [0.25, 0.3) is 0 Å². The summed E-state index contributed by atoms with van der Waals surface area (Å²) < 4.78 is 0. The molecule has 1 aromatic heterocycles. The van der Waals surface area contributed by atoms with Gasteiger partial charge in [0.05, 0.1) is 0 Å². The van der Waals surface area contributed by atoms with E-state index in [0.717, 1.165) is 37.2 Å². The van der Waals surface area contributed by atoms with Gasteiger partial charge in [-0.3, -0.25) is 4.79 Å². The van der Waals surface area contributed by atoms with Gasteiger partial charge in [-0.05, 0) is 38.3 Å². The number of nitrogens with one attached hydrogen (secondary N) is 1. The molecule has 134 valence electrons. The first-order valence-corrected chi connectivity index (χ1v) is 8.89. The van der Waals surface area contributed by atoms with Crippen LogP contribution in [0, 0.1) is 31.1 Å². The molecule has 0 saturated carbocycles. The SMILES string of the molecule is Cc1ccc(CNC(=O)C2CCN(c3nc(C)cc(C#N)n3)CC2)cc1. The molecule has 1 N–H and O–H groups in total. The molecule has 0 unspecified atom stereocenters. The van der Waals surface area contributed by atoms with Gasteiger partial charge in [-0.1, -0.05) is 29.8 Å². The van der Waals surface area contributed by atoms with Crippen LogP contribution < -0.4 is 10.2 Å². The average molecular weight is 349 g/mol. The fraction of sp³-hybridized carbons (Fsp3) is 0.400. The van der Waals surface area contributed by atoms with E-state index in [-0.39, 0.29) is 11.8 Å². The van der Waals surface area contributed by atoms with Crippen LogP contribution in [-0.4, -0.2) is 29.0 Å². The first-order valence-electron chi connectivity index (χ1n) is 8.89. The summed E-state index contributed by atoms with van der Waals surface area (Å²) in [5.41, 5.74) is 3.49. The largest absolute Gasteiger partial charge is 0.352 e. The van der Waals surface area contributed by atoms with E-state index in [1.54, 1.807) is 6.07 Å². The molecule has 26 heavy (non-hydrogen) atoms. The molecule has 1 saturated heterocycles. The monoisotopic (exact) mass is 349 g/mol. The number of anilines is 1. The van der Waals surface area contributed by atoms with Crippen LogP contribution in [0.5, 0.6) is 0 Å². The van der Waals surface area contributed by atoms with E-state index in [0.29, 0.717) is 18.2 Å². The quantitative estimate of drug-likeness (QED) is 0.917. The van der Waals surface area contributed by atoms with E-state index >= 15 is 0 Å². The number of aromatic nitrogens is 2. The molecule has 6 heteroatoms. The predicted octanol–water partition coefficient (Wildman–Crippen LogP) is 2.50. The number of hydrogen-bond acceptors (Lipinski definition) is 5. The molecule has 2 aromatic rings. The zero-order chi connectivity index (χ0) is 18.5. The van der Waals surface area contributed by atoms with Crippen molar-refractivity contribution in [3.05, 3.63) is 52.8 Å². The van der Waals surface area contributed by atoms with Gasteiger partial charge in [-0.25, -0.2) is 9.97 Å². The first-order chi connectivity index (χ1) is 12.5. The Kier molecular flexibility index (Phi) is 5.47. The summed E-state index contributed by atoms with van der Waals surface area (Å²) in [5.74, 6) is 0.699. The van der Waals surface area contributed by atoms with E-state index < -0.39 is 0 Å². The minimum Gasteiger partial charge on any atom is -0.352 e. The third kappa shape index (κ3) is 4.37. The maximum Gasteiger partial charge on any atom is 0.226 e. The molecular weight excluding hydrogens is 326 g/mol. The summed E-state index contributed by atoms with van der Waals surface area (Å²) in [7, 11) is 0. The third-order valence-electron chi connectivity index (χ3n) is 4.69. The van der Waals surface area contributed by atoms with Crippen LogP contribution in [-0.2, 0) is 11.3 Å². The van der Waals surface area contributed by atoms with Gasteiger partial charge < -0.3 is 10.2 Å². The van der Waals surface area contributed by atoms with E-state index in [1.807, 2.05) is 26.0 Å². The molecule has 6 nitrogen and oxygen atoms in total. The molecule has 1 aliphatic heterocycles. The van der Waals surface area contributed by atoms with E-state index in [1.165, 1.54) is 5.56 Å². The Bertz CT molecular complexity index is 817. The van der Waals surface area contributed by atoms with Gasteiger partial charge in [0.15, 0.2) is 0 Å². The number of hydrogen-bond donors (Lipinski definition) is 1. The van der Waals surface area contributed by atoms with Crippen molar-refractivity contribution in [3.63, 3.8) is 0 Å². The van der Waals surface area contributed by atoms with E-state index in [9.17, 15) is 4.79 Å². The third-order valence-corrected chi connectivity index (χ3v) is 4.69. The summed E-state index contributed by atoms with van der Waals surface area (Å²) in [5, 5.41) is 12.1. The molecule has 0 radical (unpaired) electrons. The van der Waals surface area contributed by atoms with Crippen molar-refractivity contribution in [3.8, 4) is 6.07 Å². The van der Waals surface area contributed by atoms with E-state index in [4.69, 9.17) is 5.26 Å². The summed E-state index contributed by atoms with van der Waals surface area (Å²) in [6, 6.07) is 11.9.